The Morgan fingerprint density at radius 2 is 1.96 bits per heavy atom. The van der Waals surface area contributed by atoms with Gasteiger partial charge in [-0.05, 0) is 35.7 Å². The fraction of sp³-hybridized carbons (Fsp3) is 0.188. The lowest BCUT2D eigenvalue weighted by atomic mass is 10.1. The van der Waals surface area contributed by atoms with E-state index in [1.807, 2.05) is 0 Å². The van der Waals surface area contributed by atoms with E-state index in [2.05, 4.69) is 4.72 Å². The number of methoxy groups -OCH3 is 1. The SMILES string of the molecule is COc1ccccc1CCNS(=O)(=O)c1cc(C(=O)[O-])ccc1F. The lowest BCUT2D eigenvalue weighted by Crippen LogP contribution is -2.28. The topological polar surface area (TPSA) is 95.5 Å². The molecule has 2 rings (SSSR count). The number of benzene rings is 2. The van der Waals surface area contributed by atoms with Gasteiger partial charge in [-0.15, -0.1) is 0 Å². The summed E-state index contributed by atoms with van der Waals surface area (Å²) < 4.78 is 45.5. The molecule has 0 aromatic heterocycles. The van der Waals surface area contributed by atoms with Crippen LogP contribution < -0.4 is 14.6 Å². The summed E-state index contributed by atoms with van der Waals surface area (Å²) in [6.07, 6.45) is 0.324. The molecule has 0 amide bonds. The van der Waals surface area contributed by atoms with E-state index in [9.17, 15) is 22.7 Å². The molecule has 0 aliphatic carbocycles. The van der Waals surface area contributed by atoms with E-state index in [0.717, 1.165) is 23.8 Å². The number of carboxylic acids is 1. The number of nitrogens with one attached hydrogen (secondary N) is 1. The molecule has 0 bridgehead atoms. The molecule has 24 heavy (non-hydrogen) atoms. The molecule has 0 aliphatic rings. The molecule has 0 fully saturated rings. The molecule has 2 aromatic rings. The highest BCUT2D eigenvalue weighted by molar-refractivity contribution is 7.89. The van der Waals surface area contributed by atoms with Gasteiger partial charge in [0.25, 0.3) is 0 Å². The minimum atomic E-state index is -4.19. The maximum Gasteiger partial charge on any atom is 0.243 e. The molecule has 0 spiro atoms. The second-order valence-corrected chi connectivity index (χ2v) is 6.63. The second-order valence-electron chi connectivity index (χ2n) is 4.89. The largest absolute Gasteiger partial charge is 0.545 e. The van der Waals surface area contributed by atoms with Gasteiger partial charge >= 0.3 is 0 Å². The van der Waals surface area contributed by atoms with Crippen LogP contribution in [0.2, 0.25) is 0 Å². The summed E-state index contributed by atoms with van der Waals surface area (Å²) in [5.41, 5.74) is 0.369. The molecule has 1 N–H and O–H groups in total. The molecule has 0 unspecified atom stereocenters. The first kappa shape index (κ1) is 17.9. The Labute approximate surface area is 138 Å². The number of para-hydroxylation sites is 1. The highest BCUT2D eigenvalue weighted by Crippen LogP contribution is 2.19. The number of hydrogen-bond acceptors (Lipinski definition) is 5. The molecule has 0 atom stereocenters. The summed E-state index contributed by atoms with van der Waals surface area (Å²) in [5.74, 6) is -2.01. The zero-order valence-electron chi connectivity index (χ0n) is 12.8. The van der Waals surface area contributed by atoms with Gasteiger partial charge in [0.05, 0.1) is 13.1 Å². The quantitative estimate of drug-likeness (QED) is 0.792. The van der Waals surface area contributed by atoms with Gasteiger partial charge in [-0.1, -0.05) is 24.3 Å². The fourth-order valence-corrected chi connectivity index (χ4v) is 3.28. The number of carbonyl (C=O) groups is 1. The minimum absolute atomic E-state index is 0.00229. The molecular weight excluding hydrogens is 337 g/mol. The van der Waals surface area contributed by atoms with E-state index >= 15 is 0 Å². The van der Waals surface area contributed by atoms with E-state index in [4.69, 9.17) is 4.74 Å². The van der Waals surface area contributed by atoms with E-state index in [-0.39, 0.29) is 6.54 Å². The second kappa shape index (κ2) is 7.41. The van der Waals surface area contributed by atoms with Crippen molar-refractivity contribution in [1.82, 2.24) is 4.72 Å². The Balaban J connectivity index is 2.14. The van der Waals surface area contributed by atoms with Gasteiger partial charge in [-0.25, -0.2) is 17.5 Å². The van der Waals surface area contributed by atoms with Gasteiger partial charge in [0.1, 0.15) is 16.5 Å². The molecule has 0 aliphatic heterocycles. The van der Waals surface area contributed by atoms with Crippen LogP contribution in [0.25, 0.3) is 0 Å². The molecule has 0 heterocycles. The maximum atomic E-state index is 13.7. The molecule has 2 aromatic carbocycles. The van der Waals surface area contributed by atoms with Crippen LogP contribution in [-0.4, -0.2) is 28.0 Å². The van der Waals surface area contributed by atoms with Crippen molar-refractivity contribution >= 4 is 16.0 Å². The molecule has 0 radical (unpaired) electrons. The number of carboxylic acid groups (broad SMARTS) is 1. The maximum absolute atomic E-state index is 13.7. The lowest BCUT2D eigenvalue weighted by molar-refractivity contribution is -0.255. The molecule has 0 saturated heterocycles. The van der Waals surface area contributed by atoms with Crippen LogP contribution in [-0.2, 0) is 16.4 Å². The molecule has 128 valence electrons. The smallest absolute Gasteiger partial charge is 0.243 e. The van der Waals surface area contributed by atoms with Crippen LogP contribution in [0.4, 0.5) is 4.39 Å². The van der Waals surface area contributed by atoms with Gasteiger partial charge < -0.3 is 14.6 Å². The Hall–Kier alpha value is -2.45. The molecule has 6 nitrogen and oxygen atoms in total. The van der Waals surface area contributed by atoms with Gasteiger partial charge in [-0.3, -0.25) is 0 Å². The van der Waals surface area contributed by atoms with Crippen molar-refractivity contribution in [2.75, 3.05) is 13.7 Å². The van der Waals surface area contributed by atoms with Crippen LogP contribution in [0, 0.1) is 5.82 Å². The Kier molecular flexibility index (Phi) is 5.53. The minimum Gasteiger partial charge on any atom is -0.545 e. The molecule has 0 saturated carbocycles. The van der Waals surface area contributed by atoms with E-state index in [1.165, 1.54) is 7.11 Å². The lowest BCUT2D eigenvalue weighted by Gasteiger charge is -2.11. The van der Waals surface area contributed by atoms with E-state index in [0.29, 0.717) is 12.2 Å². The van der Waals surface area contributed by atoms with Crippen molar-refractivity contribution in [3.05, 3.63) is 59.4 Å². The predicted octanol–water partition coefficient (Wildman–Crippen LogP) is 0.719. The highest BCUT2D eigenvalue weighted by atomic mass is 32.2. The first-order chi connectivity index (χ1) is 11.3. The number of aromatic carboxylic acids is 1. The van der Waals surface area contributed by atoms with Crippen molar-refractivity contribution in [2.45, 2.75) is 11.3 Å². The van der Waals surface area contributed by atoms with Crippen molar-refractivity contribution in [3.63, 3.8) is 0 Å². The molecule has 8 heteroatoms. The van der Waals surface area contributed by atoms with Crippen molar-refractivity contribution in [3.8, 4) is 5.75 Å². The zero-order valence-corrected chi connectivity index (χ0v) is 13.6. The van der Waals surface area contributed by atoms with Crippen molar-refractivity contribution in [1.29, 1.82) is 0 Å². The third kappa shape index (κ3) is 4.09. The molecular formula is C16H15FNO5S-. The monoisotopic (exact) mass is 352 g/mol. The predicted molar refractivity (Wildman–Crippen MR) is 82.6 cm³/mol. The number of rotatable bonds is 7. The third-order valence-electron chi connectivity index (χ3n) is 3.34. The van der Waals surface area contributed by atoms with Gasteiger partial charge in [-0.2, -0.15) is 0 Å². The van der Waals surface area contributed by atoms with E-state index in [1.54, 1.807) is 24.3 Å². The standard InChI is InChI=1S/C16H16FNO5S/c1-23-14-5-3-2-4-11(14)8-9-18-24(21,22)15-10-12(16(19)20)6-7-13(15)17/h2-7,10,18H,8-9H2,1H3,(H,19,20)/p-1. The summed E-state index contributed by atoms with van der Waals surface area (Å²) in [6.45, 7) is -0.00229. The first-order valence-electron chi connectivity index (χ1n) is 6.97. The summed E-state index contributed by atoms with van der Waals surface area (Å²) in [7, 11) is -2.69. The van der Waals surface area contributed by atoms with Crippen molar-refractivity contribution < 1.29 is 27.4 Å². The van der Waals surface area contributed by atoms with Crippen molar-refractivity contribution in [2.24, 2.45) is 0 Å². The number of halogens is 1. The van der Waals surface area contributed by atoms with Crippen LogP contribution in [0.5, 0.6) is 5.75 Å². The fourth-order valence-electron chi connectivity index (χ4n) is 2.14. The normalized spacial score (nSPS) is 11.2. The third-order valence-corrected chi connectivity index (χ3v) is 4.81. The van der Waals surface area contributed by atoms with Gasteiger partial charge in [0.2, 0.25) is 10.0 Å². The average molecular weight is 352 g/mol. The summed E-state index contributed by atoms with van der Waals surface area (Å²) in [5, 5.41) is 10.8. The Bertz CT molecular complexity index is 851. The van der Waals surface area contributed by atoms with E-state index < -0.39 is 32.3 Å². The summed E-state index contributed by atoms with van der Waals surface area (Å²) in [6, 6.07) is 9.55. The van der Waals surface area contributed by atoms with Gasteiger partial charge in [0.15, 0.2) is 0 Å². The number of carbonyl (C=O) groups excluding carboxylic acids is 1. The van der Waals surface area contributed by atoms with Crippen LogP contribution in [0.1, 0.15) is 15.9 Å². The number of hydrogen-bond donors (Lipinski definition) is 1. The zero-order chi connectivity index (χ0) is 17.7. The Morgan fingerprint density at radius 3 is 2.62 bits per heavy atom. The highest BCUT2D eigenvalue weighted by Gasteiger charge is 2.19. The summed E-state index contributed by atoms with van der Waals surface area (Å²) >= 11 is 0. The number of ether oxygens (including phenoxy) is 1. The first-order valence-corrected chi connectivity index (χ1v) is 8.46. The van der Waals surface area contributed by atoms with Crippen LogP contribution >= 0.6 is 0 Å². The van der Waals surface area contributed by atoms with Crippen LogP contribution in [0.15, 0.2) is 47.4 Å². The average Bonchev–Trinajstić information content (AvgIpc) is 2.55. The van der Waals surface area contributed by atoms with Crippen LogP contribution in [0.3, 0.4) is 0 Å². The Morgan fingerprint density at radius 1 is 1.25 bits per heavy atom. The number of sulfonamides is 1. The van der Waals surface area contributed by atoms with Gasteiger partial charge in [0, 0.05) is 6.54 Å². The summed E-state index contributed by atoms with van der Waals surface area (Å²) in [4.78, 5) is 10.1.